The first-order valence-electron chi connectivity index (χ1n) is 10.8. The van der Waals surface area contributed by atoms with Crippen LogP contribution in [0.1, 0.15) is 41.3 Å². The molecule has 0 saturated carbocycles. The maximum absolute atomic E-state index is 13.5. The summed E-state index contributed by atoms with van der Waals surface area (Å²) >= 11 is 12.1. The number of furan rings is 1. The number of nitrogens with zero attached hydrogens (tertiary/aromatic N) is 2. The Morgan fingerprint density at radius 3 is 2.24 bits per heavy atom. The molecule has 3 rings (SSSR count). The van der Waals surface area contributed by atoms with E-state index in [-0.39, 0.29) is 24.3 Å². The second-order valence-electron chi connectivity index (χ2n) is 8.46. The predicted molar refractivity (Wildman–Crippen MR) is 131 cm³/mol. The zero-order valence-corrected chi connectivity index (χ0v) is 20.6. The molecule has 0 radical (unpaired) electrons. The smallest absolute Gasteiger partial charge is 0.254 e. The number of rotatable bonds is 9. The van der Waals surface area contributed by atoms with Crippen LogP contribution < -0.4 is 0 Å². The zero-order valence-electron chi connectivity index (χ0n) is 19.1. The van der Waals surface area contributed by atoms with Crippen LogP contribution in [0.3, 0.4) is 0 Å². The van der Waals surface area contributed by atoms with Crippen molar-refractivity contribution in [1.29, 1.82) is 0 Å². The SMILES string of the molecule is Cc1ccc(CN(Cc2ccccc2)C(=O)CN(CC(C)C)C(=O)c2ccc(Cl)c(Cl)c2)o1. The van der Waals surface area contributed by atoms with E-state index in [1.54, 1.807) is 21.9 Å². The second-order valence-corrected chi connectivity index (χ2v) is 9.27. The number of carbonyl (C=O) groups excluding carboxylic acids is 2. The van der Waals surface area contributed by atoms with Gasteiger partial charge in [-0.15, -0.1) is 0 Å². The van der Waals surface area contributed by atoms with Crippen LogP contribution in [0.2, 0.25) is 10.0 Å². The first kappa shape index (κ1) is 24.9. The van der Waals surface area contributed by atoms with Gasteiger partial charge in [-0.05, 0) is 48.7 Å². The first-order valence-corrected chi connectivity index (χ1v) is 11.6. The monoisotopic (exact) mass is 486 g/mol. The molecule has 0 aliphatic rings. The highest BCUT2D eigenvalue weighted by atomic mass is 35.5. The van der Waals surface area contributed by atoms with Gasteiger partial charge in [0.1, 0.15) is 18.1 Å². The van der Waals surface area contributed by atoms with Crippen LogP contribution in [0.15, 0.2) is 65.1 Å². The minimum absolute atomic E-state index is 0.0518. The normalized spacial score (nSPS) is 11.0. The summed E-state index contributed by atoms with van der Waals surface area (Å²) in [6.45, 7) is 6.99. The molecule has 7 heteroatoms. The Hall–Kier alpha value is -2.76. The molecule has 1 heterocycles. The molecular weight excluding hydrogens is 459 g/mol. The van der Waals surface area contributed by atoms with E-state index in [2.05, 4.69) is 0 Å². The molecule has 3 aromatic rings. The summed E-state index contributed by atoms with van der Waals surface area (Å²) in [5.74, 6) is 1.24. The average Bonchev–Trinajstić information content (AvgIpc) is 3.19. The third kappa shape index (κ3) is 7.11. The Morgan fingerprint density at radius 2 is 1.64 bits per heavy atom. The van der Waals surface area contributed by atoms with E-state index in [9.17, 15) is 9.59 Å². The van der Waals surface area contributed by atoms with E-state index in [4.69, 9.17) is 27.6 Å². The van der Waals surface area contributed by atoms with Crippen molar-refractivity contribution in [2.24, 2.45) is 5.92 Å². The molecule has 33 heavy (non-hydrogen) atoms. The van der Waals surface area contributed by atoms with Crippen molar-refractivity contribution in [3.63, 3.8) is 0 Å². The van der Waals surface area contributed by atoms with Crippen LogP contribution >= 0.6 is 23.2 Å². The largest absolute Gasteiger partial charge is 0.464 e. The highest BCUT2D eigenvalue weighted by Crippen LogP contribution is 2.24. The quantitative estimate of drug-likeness (QED) is 0.360. The van der Waals surface area contributed by atoms with E-state index in [1.807, 2.05) is 63.2 Å². The van der Waals surface area contributed by atoms with Gasteiger partial charge < -0.3 is 14.2 Å². The van der Waals surface area contributed by atoms with Crippen LogP contribution in [0.4, 0.5) is 0 Å². The lowest BCUT2D eigenvalue weighted by molar-refractivity contribution is -0.133. The topological polar surface area (TPSA) is 53.8 Å². The Kier molecular flexibility index (Phi) is 8.59. The first-order chi connectivity index (χ1) is 15.7. The van der Waals surface area contributed by atoms with Crippen molar-refractivity contribution in [3.05, 3.63) is 93.4 Å². The van der Waals surface area contributed by atoms with Crippen LogP contribution in [0, 0.1) is 12.8 Å². The Balaban J connectivity index is 1.83. The fourth-order valence-electron chi connectivity index (χ4n) is 3.53. The van der Waals surface area contributed by atoms with Gasteiger partial charge >= 0.3 is 0 Å². The molecule has 0 spiro atoms. The van der Waals surface area contributed by atoms with Crippen molar-refractivity contribution in [1.82, 2.24) is 9.80 Å². The third-order valence-electron chi connectivity index (χ3n) is 5.08. The summed E-state index contributed by atoms with van der Waals surface area (Å²) in [4.78, 5) is 30.0. The summed E-state index contributed by atoms with van der Waals surface area (Å²) in [5, 5.41) is 0.680. The van der Waals surface area contributed by atoms with E-state index in [0.29, 0.717) is 41.0 Å². The van der Waals surface area contributed by atoms with Gasteiger partial charge in [-0.2, -0.15) is 0 Å². The minimum atomic E-state index is -0.260. The molecule has 0 aliphatic heterocycles. The lowest BCUT2D eigenvalue weighted by Gasteiger charge is -2.28. The van der Waals surface area contributed by atoms with Gasteiger partial charge in [0.15, 0.2) is 0 Å². The van der Waals surface area contributed by atoms with Gasteiger partial charge in [0.2, 0.25) is 5.91 Å². The van der Waals surface area contributed by atoms with Crippen LogP contribution in [-0.4, -0.2) is 34.7 Å². The van der Waals surface area contributed by atoms with Crippen LogP contribution in [0.5, 0.6) is 0 Å². The Bertz CT molecular complexity index is 1100. The molecule has 0 atom stereocenters. The minimum Gasteiger partial charge on any atom is -0.464 e. The van der Waals surface area contributed by atoms with Crippen molar-refractivity contribution < 1.29 is 14.0 Å². The number of benzene rings is 2. The van der Waals surface area contributed by atoms with Crippen molar-refractivity contribution in [3.8, 4) is 0 Å². The summed E-state index contributed by atoms with van der Waals surface area (Å²) < 4.78 is 5.71. The average molecular weight is 487 g/mol. The van der Waals surface area contributed by atoms with Gasteiger partial charge in [0.25, 0.3) is 5.91 Å². The summed E-state index contributed by atoms with van der Waals surface area (Å²) in [5.41, 5.74) is 1.40. The number of aryl methyl sites for hydroxylation is 1. The lowest BCUT2D eigenvalue weighted by Crippen LogP contribution is -2.43. The number of hydrogen-bond donors (Lipinski definition) is 0. The maximum Gasteiger partial charge on any atom is 0.254 e. The van der Waals surface area contributed by atoms with Gasteiger partial charge in [0, 0.05) is 18.7 Å². The summed E-state index contributed by atoms with van der Waals surface area (Å²) in [6, 6.07) is 18.3. The zero-order chi connectivity index (χ0) is 24.0. The molecule has 2 amide bonds. The van der Waals surface area contributed by atoms with Gasteiger partial charge in [0.05, 0.1) is 16.6 Å². The predicted octanol–water partition coefficient (Wildman–Crippen LogP) is 6.22. The highest BCUT2D eigenvalue weighted by Gasteiger charge is 2.24. The van der Waals surface area contributed by atoms with Crippen molar-refractivity contribution in [2.75, 3.05) is 13.1 Å². The fourth-order valence-corrected chi connectivity index (χ4v) is 3.83. The number of halogens is 2. The van der Waals surface area contributed by atoms with Crippen LogP contribution in [-0.2, 0) is 17.9 Å². The molecular formula is C26H28Cl2N2O3. The Labute approximate surface area is 204 Å². The highest BCUT2D eigenvalue weighted by molar-refractivity contribution is 6.42. The van der Waals surface area contributed by atoms with Gasteiger partial charge in [-0.25, -0.2) is 0 Å². The number of amides is 2. The molecule has 0 N–H and O–H groups in total. The second kappa shape index (κ2) is 11.4. The van der Waals surface area contributed by atoms with Crippen molar-refractivity contribution in [2.45, 2.75) is 33.9 Å². The molecule has 2 aromatic carbocycles. The van der Waals surface area contributed by atoms with Gasteiger partial charge in [-0.3, -0.25) is 9.59 Å². The van der Waals surface area contributed by atoms with Crippen molar-refractivity contribution >= 4 is 35.0 Å². The molecule has 0 unspecified atom stereocenters. The molecule has 5 nitrogen and oxygen atoms in total. The Morgan fingerprint density at radius 1 is 0.909 bits per heavy atom. The number of hydrogen-bond acceptors (Lipinski definition) is 3. The van der Waals surface area contributed by atoms with E-state index in [0.717, 1.165) is 11.3 Å². The molecule has 1 aromatic heterocycles. The molecule has 0 aliphatic carbocycles. The van der Waals surface area contributed by atoms with E-state index < -0.39 is 0 Å². The van der Waals surface area contributed by atoms with E-state index in [1.165, 1.54) is 6.07 Å². The molecule has 0 saturated heterocycles. The lowest BCUT2D eigenvalue weighted by atomic mass is 10.1. The standard InChI is InChI=1S/C26H28Cl2N2O3/c1-18(2)14-30(26(32)21-10-12-23(27)24(28)13-21)17-25(31)29(15-20-7-5-4-6-8-20)16-22-11-9-19(3)33-22/h4-13,18H,14-17H2,1-3H3. The molecule has 0 fully saturated rings. The summed E-state index contributed by atoms with van der Waals surface area (Å²) in [7, 11) is 0. The maximum atomic E-state index is 13.5. The summed E-state index contributed by atoms with van der Waals surface area (Å²) in [6.07, 6.45) is 0. The fraction of sp³-hybridized carbons (Fsp3) is 0.308. The van der Waals surface area contributed by atoms with E-state index >= 15 is 0 Å². The third-order valence-corrected chi connectivity index (χ3v) is 5.82. The number of carbonyl (C=O) groups is 2. The van der Waals surface area contributed by atoms with Crippen LogP contribution in [0.25, 0.3) is 0 Å². The molecule has 174 valence electrons. The van der Waals surface area contributed by atoms with Gasteiger partial charge in [-0.1, -0.05) is 67.4 Å². The molecule has 0 bridgehead atoms.